The van der Waals surface area contributed by atoms with Gasteiger partial charge in [0.2, 0.25) is 5.91 Å². The third kappa shape index (κ3) is 5.70. The van der Waals surface area contributed by atoms with Gasteiger partial charge in [-0.05, 0) is 36.6 Å². The van der Waals surface area contributed by atoms with E-state index in [1.54, 1.807) is 31.2 Å². The van der Waals surface area contributed by atoms with E-state index >= 15 is 0 Å². The fraction of sp³-hybridized carbons (Fsp3) is 0.375. The zero-order valence-electron chi connectivity index (χ0n) is 12.7. The van der Waals surface area contributed by atoms with Gasteiger partial charge >= 0.3 is 5.97 Å². The highest BCUT2D eigenvalue weighted by molar-refractivity contribution is 6.35. The maximum atomic E-state index is 11.9. The van der Waals surface area contributed by atoms with Crippen LogP contribution in [-0.4, -0.2) is 24.5 Å². The molecule has 1 rings (SSSR count). The summed E-state index contributed by atoms with van der Waals surface area (Å²) in [5.74, 6) is -0.905. The molecule has 1 aromatic rings. The van der Waals surface area contributed by atoms with E-state index < -0.39 is 17.9 Å². The minimum Gasteiger partial charge on any atom is -0.464 e. The average Bonchev–Trinajstić information content (AvgIpc) is 2.43. The normalized spacial score (nSPS) is 12.5. The molecule has 0 fully saturated rings. The smallest absolute Gasteiger partial charge is 0.328 e. The third-order valence-electron chi connectivity index (χ3n) is 2.88. The number of hydrogen-bond donors (Lipinski definition) is 1. The summed E-state index contributed by atoms with van der Waals surface area (Å²) in [6, 6.07) is 4.30. The Morgan fingerprint density at radius 1 is 1.32 bits per heavy atom. The number of benzene rings is 1. The van der Waals surface area contributed by atoms with Crippen molar-refractivity contribution in [2.75, 3.05) is 6.61 Å². The van der Waals surface area contributed by atoms with E-state index in [1.807, 2.05) is 13.8 Å². The van der Waals surface area contributed by atoms with E-state index in [0.29, 0.717) is 15.6 Å². The third-order valence-corrected chi connectivity index (χ3v) is 3.44. The maximum absolute atomic E-state index is 11.9. The van der Waals surface area contributed by atoms with Gasteiger partial charge in [0.25, 0.3) is 0 Å². The van der Waals surface area contributed by atoms with Gasteiger partial charge in [-0.1, -0.05) is 43.1 Å². The number of esters is 1. The molecule has 6 heteroatoms. The van der Waals surface area contributed by atoms with Crippen molar-refractivity contribution in [3.05, 3.63) is 39.9 Å². The van der Waals surface area contributed by atoms with Crippen molar-refractivity contribution in [1.82, 2.24) is 5.32 Å². The van der Waals surface area contributed by atoms with E-state index in [0.717, 1.165) is 0 Å². The zero-order valence-corrected chi connectivity index (χ0v) is 14.2. The van der Waals surface area contributed by atoms with Crippen LogP contribution in [-0.2, 0) is 14.3 Å². The largest absolute Gasteiger partial charge is 0.464 e. The molecular formula is C16H19Cl2NO3. The summed E-state index contributed by atoms with van der Waals surface area (Å²) < 4.78 is 4.95. The molecule has 0 spiro atoms. The zero-order chi connectivity index (χ0) is 16.7. The Labute approximate surface area is 140 Å². The van der Waals surface area contributed by atoms with Crippen LogP contribution in [0.4, 0.5) is 0 Å². The average molecular weight is 344 g/mol. The van der Waals surface area contributed by atoms with Crippen LogP contribution in [0, 0.1) is 5.92 Å². The Balaban J connectivity index is 2.74. The van der Waals surface area contributed by atoms with Crippen molar-refractivity contribution < 1.29 is 14.3 Å². The number of amides is 1. The fourth-order valence-corrected chi connectivity index (χ4v) is 2.20. The molecule has 0 radical (unpaired) electrons. The standard InChI is InChI=1S/C16H19Cl2NO3/c1-4-22-16(21)15(10(2)3)19-14(20)8-6-11-5-7-12(17)9-13(11)18/h5-10,15H,4H2,1-3H3,(H,19,20)/b8-6+/t15-/m0/s1. The van der Waals surface area contributed by atoms with E-state index in [-0.39, 0.29) is 12.5 Å². The van der Waals surface area contributed by atoms with Gasteiger partial charge in [0, 0.05) is 16.1 Å². The Morgan fingerprint density at radius 2 is 2.00 bits per heavy atom. The first-order valence-corrected chi connectivity index (χ1v) is 7.71. The molecule has 22 heavy (non-hydrogen) atoms. The minimum atomic E-state index is -0.683. The van der Waals surface area contributed by atoms with Crippen molar-refractivity contribution in [3.8, 4) is 0 Å². The fourth-order valence-electron chi connectivity index (χ4n) is 1.73. The van der Waals surface area contributed by atoms with E-state index in [2.05, 4.69) is 5.32 Å². The van der Waals surface area contributed by atoms with Crippen LogP contribution in [0.1, 0.15) is 26.3 Å². The molecule has 0 unspecified atom stereocenters. The molecule has 1 amide bonds. The molecule has 0 saturated carbocycles. The topological polar surface area (TPSA) is 55.4 Å². The summed E-state index contributed by atoms with van der Waals surface area (Å²) in [4.78, 5) is 23.7. The molecule has 0 heterocycles. The van der Waals surface area contributed by atoms with Crippen molar-refractivity contribution >= 4 is 41.2 Å². The maximum Gasteiger partial charge on any atom is 0.328 e. The Hall–Kier alpha value is -1.52. The van der Waals surface area contributed by atoms with Gasteiger partial charge < -0.3 is 10.1 Å². The predicted molar refractivity (Wildman–Crippen MR) is 88.9 cm³/mol. The molecule has 0 aliphatic heterocycles. The molecule has 1 atom stereocenters. The summed E-state index contributed by atoms with van der Waals surface area (Å²) >= 11 is 11.8. The number of carbonyl (C=O) groups excluding carboxylic acids is 2. The molecule has 1 N–H and O–H groups in total. The number of carbonyl (C=O) groups is 2. The molecule has 0 aliphatic rings. The highest BCUT2D eigenvalue weighted by atomic mass is 35.5. The Morgan fingerprint density at radius 3 is 2.55 bits per heavy atom. The highest BCUT2D eigenvalue weighted by Crippen LogP contribution is 2.21. The van der Waals surface area contributed by atoms with Crippen LogP contribution >= 0.6 is 23.2 Å². The second-order valence-electron chi connectivity index (χ2n) is 4.98. The molecule has 0 aromatic heterocycles. The lowest BCUT2D eigenvalue weighted by molar-refractivity contribution is -0.148. The van der Waals surface area contributed by atoms with Crippen LogP contribution in [0.5, 0.6) is 0 Å². The Bertz CT molecular complexity index is 571. The number of halogens is 2. The van der Waals surface area contributed by atoms with Gasteiger partial charge in [-0.3, -0.25) is 4.79 Å². The molecule has 4 nitrogen and oxygen atoms in total. The van der Waals surface area contributed by atoms with Crippen molar-refractivity contribution in [3.63, 3.8) is 0 Å². The van der Waals surface area contributed by atoms with Crippen LogP contribution < -0.4 is 5.32 Å². The number of hydrogen-bond acceptors (Lipinski definition) is 3. The molecule has 0 aliphatic carbocycles. The first-order chi connectivity index (χ1) is 10.3. The van der Waals surface area contributed by atoms with Gasteiger partial charge in [-0.2, -0.15) is 0 Å². The minimum absolute atomic E-state index is 0.0736. The van der Waals surface area contributed by atoms with Crippen LogP contribution in [0.15, 0.2) is 24.3 Å². The second kappa shape index (κ2) is 8.81. The van der Waals surface area contributed by atoms with Crippen LogP contribution in [0.2, 0.25) is 10.0 Å². The lowest BCUT2D eigenvalue weighted by Gasteiger charge is -2.19. The van der Waals surface area contributed by atoms with E-state index in [4.69, 9.17) is 27.9 Å². The second-order valence-corrected chi connectivity index (χ2v) is 5.83. The van der Waals surface area contributed by atoms with Gasteiger partial charge in [0.15, 0.2) is 0 Å². The van der Waals surface area contributed by atoms with E-state index in [9.17, 15) is 9.59 Å². The Kier molecular flexibility index (Phi) is 7.42. The predicted octanol–water partition coefficient (Wildman–Crippen LogP) is 3.71. The molecule has 0 bridgehead atoms. The summed E-state index contributed by atoms with van der Waals surface area (Å²) in [6.07, 6.45) is 2.89. The first kappa shape index (κ1) is 18.5. The van der Waals surface area contributed by atoms with Crippen LogP contribution in [0.3, 0.4) is 0 Å². The van der Waals surface area contributed by atoms with Gasteiger partial charge in [0.05, 0.1) is 6.61 Å². The van der Waals surface area contributed by atoms with Gasteiger partial charge in [-0.15, -0.1) is 0 Å². The van der Waals surface area contributed by atoms with Crippen molar-refractivity contribution in [1.29, 1.82) is 0 Å². The summed E-state index contributed by atoms with van der Waals surface area (Å²) in [7, 11) is 0. The first-order valence-electron chi connectivity index (χ1n) is 6.95. The molecule has 120 valence electrons. The lowest BCUT2D eigenvalue weighted by atomic mass is 10.0. The highest BCUT2D eigenvalue weighted by Gasteiger charge is 2.24. The summed E-state index contributed by atoms with van der Waals surface area (Å²) in [5.41, 5.74) is 0.665. The molecule has 1 aromatic carbocycles. The lowest BCUT2D eigenvalue weighted by Crippen LogP contribution is -2.44. The molecule has 0 saturated heterocycles. The van der Waals surface area contributed by atoms with Crippen LogP contribution in [0.25, 0.3) is 6.08 Å². The van der Waals surface area contributed by atoms with Gasteiger partial charge in [0.1, 0.15) is 6.04 Å². The summed E-state index contributed by atoms with van der Waals surface area (Å²) in [6.45, 7) is 5.66. The SMILES string of the molecule is CCOC(=O)[C@@H](NC(=O)/C=C/c1ccc(Cl)cc1Cl)C(C)C. The molecular weight excluding hydrogens is 325 g/mol. The van der Waals surface area contributed by atoms with E-state index in [1.165, 1.54) is 6.08 Å². The van der Waals surface area contributed by atoms with Crippen molar-refractivity contribution in [2.45, 2.75) is 26.8 Å². The monoisotopic (exact) mass is 343 g/mol. The summed E-state index contributed by atoms with van der Waals surface area (Å²) in [5, 5.41) is 3.60. The number of nitrogens with one attached hydrogen (secondary N) is 1. The quantitative estimate of drug-likeness (QED) is 0.632. The number of rotatable bonds is 6. The van der Waals surface area contributed by atoms with Gasteiger partial charge in [-0.25, -0.2) is 4.79 Å². The van der Waals surface area contributed by atoms with Crippen molar-refractivity contribution in [2.24, 2.45) is 5.92 Å². The number of ether oxygens (including phenoxy) is 1.